The summed E-state index contributed by atoms with van der Waals surface area (Å²) in [7, 11) is 1.35. The van der Waals surface area contributed by atoms with E-state index in [2.05, 4.69) is 6.92 Å². The Balaban J connectivity index is 3.00. The molecule has 0 aliphatic heterocycles. The van der Waals surface area contributed by atoms with Crippen LogP contribution in [-0.2, 0) is 9.53 Å². The molecule has 0 aromatic heterocycles. The van der Waals surface area contributed by atoms with Crippen molar-refractivity contribution in [3.05, 3.63) is 23.8 Å². The Morgan fingerprint density at radius 3 is 2.05 bits per heavy atom. The molecule has 22 heavy (non-hydrogen) atoms. The molecule has 0 saturated heterocycles. The summed E-state index contributed by atoms with van der Waals surface area (Å²) in [5.41, 5.74) is 6.96. The van der Waals surface area contributed by atoms with Gasteiger partial charge in [0.15, 0.2) is 0 Å². The van der Waals surface area contributed by atoms with Crippen LogP contribution in [0.15, 0.2) is 18.2 Å². The number of benzene rings is 1. The summed E-state index contributed by atoms with van der Waals surface area (Å²) >= 11 is 0. The summed E-state index contributed by atoms with van der Waals surface area (Å²) in [6.07, 6.45) is 1.40. The fourth-order valence-corrected chi connectivity index (χ4v) is 2.42. The van der Waals surface area contributed by atoms with E-state index < -0.39 is 6.04 Å². The number of nitrogens with two attached hydrogens (primary N) is 1. The van der Waals surface area contributed by atoms with Gasteiger partial charge in [-0.1, -0.05) is 6.92 Å². The monoisotopic (exact) mass is 309 g/mol. The third kappa shape index (κ3) is 5.22. The molecule has 0 heterocycles. The van der Waals surface area contributed by atoms with Gasteiger partial charge in [0.2, 0.25) is 0 Å². The van der Waals surface area contributed by atoms with Gasteiger partial charge in [-0.15, -0.1) is 0 Å². The average molecular weight is 309 g/mol. The molecule has 1 rings (SSSR count). The summed E-state index contributed by atoms with van der Waals surface area (Å²) in [5, 5.41) is 0. The first-order chi connectivity index (χ1) is 10.5. The van der Waals surface area contributed by atoms with E-state index in [-0.39, 0.29) is 11.9 Å². The van der Waals surface area contributed by atoms with Crippen molar-refractivity contribution >= 4 is 5.97 Å². The lowest BCUT2D eigenvalue weighted by Crippen LogP contribution is -2.33. The van der Waals surface area contributed by atoms with Crippen molar-refractivity contribution in [3.8, 4) is 11.5 Å². The third-order valence-corrected chi connectivity index (χ3v) is 3.53. The number of rotatable bonds is 9. The number of hydrogen-bond donors (Lipinski definition) is 1. The minimum atomic E-state index is -0.624. The van der Waals surface area contributed by atoms with Crippen LogP contribution in [0.25, 0.3) is 0 Å². The lowest BCUT2D eigenvalue weighted by atomic mass is 9.90. The molecule has 0 radical (unpaired) electrons. The van der Waals surface area contributed by atoms with Gasteiger partial charge in [0.05, 0.1) is 20.3 Å². The van der Waals surface area contributed by atoms with E-state index in [0.29, 0.717) is 19.6 Å². The van der Waals surface area contributed by atoms with Crippen molar-refractivity contribution in [1.82, 2.24) is 0 Å². The zero-order chi connectivity index (χ0) is 16.5. The van der Waals surface area contributed by atoms with Crippen molar-refractivity contribution in [2.45, 2.75) is 45.6 Å². The largest absolute Gasteiger partial charge is 0.494 e. The van der Waals surface area contributed by atoms with Crippen molar-refractivity contribution < 1.29 is 19.0 Å². The fourth-order valence-electron chi connectivity index (χ4n) is 2.42. The Morgan fingerprint density at radius 2 is 1.64 bits per heavy atom. The minimum Gasteiger partial charge on any atom is -0.494 e. The van der Waals surface area contributed by atoms with E-state index in [1.165, 1.54) is 7.11 Å². The van der Waals surface area contributed by atoms with E-state index >= 15 is 0 Å². The van der Waals surface area contributed by atoms with Crippen LogP contribution in [0, 0.1) is 0 Å². The first kappa shape index (κ1) is 18.3. The van der Waals surface area contributed by atoms with Crippen LogP contribution in [0.1, 0.15) is 45.1 Å². The molecule has 124 valence electrons. The average Bonchev–Trinajstić information content (AvgIpc) is 2.51. The van der Waals surface area contributed by atoms with Gasteiger partial charge in [0.25, 0.3) is 0 Å². The Labute approximate surface area is 132 Å². The molecule has 2 N–H and O–H groups in total. The van der Waals surface area contributed by atoms with E-state index in [0.717, 1.165) is 23.5 Å². The topological polar surface area (TPSA) is 70.8 Å². The predicted molar refractivity (Wildman–Crippen MR) is 86.4 cm³/mol. The van der Waals surface area contributed by atoms with Crippen LogP contribution in [0.5, 0.6) is 11.5 Å². The molecule has 1 aromatic rings. The van der Waals surface area contributed by atoms with E-state index in [1.54, 1.807) is 0 Å². The summed E-state index contributed by atoms with van der Waals surface area (Å²) in [5.74, 6) is 1.31. The highest BCUT2D eigenvalue weighted by molar-refractivity contribution is 5.75. The summed E-state index contributed by atoms with van der Waals surface area (Å²) in [6.45, 7) is 7.14. The number of carbonyl (C=O) groups excluding carboxylic acids is 1. The molecule has 5 heteroatoms. The summed E-state index contributed by atoms with van der Waals surface area (Å²) < 4.78 is 15.9. The lowest BCUT2D eigenvalue weighted by Gasteiger charge is -2.20. The van der Waals surface area contributed by atoms with Crippen LogP contribution >= 0.6 is 0 Å². The number of ether oxygens (including phenoxy) is 3. The van der Waals surface area contributed by atoms with Crippen LogP contribution in [-0.4, -0.2) is 32.3 Å². The quantitative estimate of drug-likeness (QED) is 0.710. The van der Waals surface area contributed by atoms with Crippen molar-refractivity contribution in [3.63, 3.8) is 0 Å². The van der Waals surface area contributed by atoms with Gasteiger partial charge in [-0.25, -0.2) is 0 Å². The predicted octanol–water partition coefficient (Wildman–Crippen LogP) is 2.87. The Hall–Kier alpha value is -1.75. The van der Waals surface area contributed by atoms with Gasteiger partial charge in [0.1, 0.15) is 17.5 Å². The molecular formula is C17H27NO4. The summed E-state index contributed by atoms with van der Waals surface area (Å²) in [6, 6.07) is 5.24. The zero-order valence-corrected chi connectivity index (χ0v) is 13.9. The van der Waals surface area contributed by atoms with Crippen LogP contribution in [0.4, 0.5) is 0 Å². The molecule has 1 aromatic carbocycles. The molecule has 0 spiro atoms. The SMILES string of the molecule is CCOc1cc(OCC)cc(C(CC)CC(N)C(=O)OC)c1. The Morgan fingerprint density at radius 1 is 1.09 bits per heavy atom. The zero-order valence-electron chi connectivity index (χ0n) is 13.9. The van der Waals surface area contributed by atoms with E-state index in [1.807, 2.05) is 32.0 Å². The van der Waals surface area contributed by atoms with Gasteiger partial charge < -0.3 is 19.9 Å². The van der Waals surface area contributed by atoms with Crippen molar-refractivity contribution in [2.75, 3.05) is 20.3 Å². The highest BCUT2D eigenvalue weighted by Gasteiger charge is 2.21. The second-order valence-corrected chi connectivity index (χ2v) is 5.07. The highest BCUT2D eigenvalue weighted by Crippen LogP contribution is 2.32. The number of methoxy groups -OCH3 is 1. The number of hydrogen-bond acceptors (Lipinski definition) is 5. The molecule has 0 fully saturated rings. The molecule has 0 aliphatic carbocycles. The van der Waals surface area contributed by atoms with Gasteiger partial charge >= 0.3 is 5.97 Å². The Bertz CT molecular complexity index is 451. The van der Waals surface area contributed by atoms with Gasteiger partial charge in [-0.2, -0.15) is 0 Å². The van der Waals surface area contributed by atoms with Crippen molar-refractivity contribution in [1.29, 1.82) is 0 Å². The van der Waals surface area contributed by atoms with Crippen LogP contribution in [0.2, 0.25) is 0 Å². The second-order valence-electron chi connectivity index (χ2n) is 5.07. The standard InChI is InChI=1S/C17H27NO4/c1-5-12(10-16(18)17(19)20-4)13-8-14(21-6-2)11-15(9-13)22-7-3/h8-9,11-12,16H,5-7,10,18H2,1-4H3. The maximum Gasteiger partial charge on any atom is 0.322 e. The molecule has 0 bridgehead atoms. The van der Waals surface area contributed by atoms with Gasteiger partial charge in [-0.05, 0) is 50.3 Å². The first-order valence-corrected chi connectivity index (χ1v) is 7.79. The smallest absolute Gasteiger partial charge is 0.322 e. The second kappa shape index (κ2) is 9.30. The maximum atomic E-state index is 11.5. The van der Waals surface area contributed by atoms with E-state index in [9.17, 15) is 4.79 Å². The maximum absolute atomic E-state index is 11.5. The fraction of sp³-hybridized carbons (Fsp3) is 0.588. The molecule has 5 nitrogen and oxygen atoms in total. The molecule has 2 unspecified atom stereocenters. The number of carbonyl (C=O) groups is 1. The normalized spacial score (nSPS) is 13.3. The molecule has 0 saturated carbocycles. The molecule has 2 atom stereocenters. The van der Waals surface area contributed by atoms with E-state index in [4.69, 9.17) is 19.9 Å². The first-order valence-electron chi connectivity index (χ1n) is 7.79. The highest BCUT2D eigenvalue weighted by atomic mass is 16.5. The Kier molecular flexibility index (Phi) is 7.74. The van der Waals surface area contributed by atoms with Crippen LogP contribution < -0.4 is 15.2 Å². The van der Waals surface area contributed by atoms with Crippen LogP contribution in [0.3, 0.4) is 0 Å². The third-order valence-electron chi connectivity index (χ3n) is 3.53. The lowest BCUT2D eigenvalue weighted by molar-refractivity contribution is -0.142. The summed E-state index contributed by atoms with van der Waals surface area (Å²) in [4.78, 5) is 11.5. The van der Waals surface area contributed by atoms with Gasteiger partial charge in [0, 0.05) is 6.07 Å². The van der Waals surface area contributed by atoms with Gasteiger partial charge in [-0.3, -0.25) is 4.79 Å². The molecule has 0 amide bonds. The van der Waals surface area contributed by atoms with Crippen molar-refractivity contribution in [2.24, 2.45) is 5.73 Å². The molecule has 0 aliphatic rings. The minimum absolute atomic E-state index is 0.147. The molecular weight excluding hydrogens is 282 g/mol. The number of esters is 1.